The van der Waals surface area contributed by atoms with Crippen molar-refractivity contribution in [2.24, 2.45) is 11.8 Å². The first kappa shape index (κ1) is 14.5. The van der Waals surface area contributed by atoms with Gasteiger partial charge in [0.2, 0.25) is 0 Å². The van der Waals surface area contributed by atoms with Crippen LogP contribution in [0.5, 0.6) is 0 Å². The lowest BCUT2D eigenvalue weighted by Crippen LogP contribution is -2.48. The fourth-order valence-corrected chi connectivity index (χ4v) is 2.85. The standard InChI is InChI=1S/C14H26O3/c1-4-10-14(16,13(15)17-5-2)12-8-6-11(3)7-9-12/h11-12,16H,4-10H2,1-3H3. The highest BCUT2D eigenvalue weighted by Crippen LogP contribution is 2.38. The van der Waals surface area contributed by atoms with E-state index in [-0.39, 0.29) is 5.92 Å². The highest BCUT2D eigenvalue weighted by molar-refractivity contribution is 5.79. The number of hydrogen-bond donors (Lipinski definition) is 1. The Bertz CT molecular complexity index is 244. The smallest absolute Gasteiger partial charge is 0.338 e. The Kier molecular flexibility index (Phi) is 5.44. The predicted octanol–water partition coefficient (Wildman–Crippen LogP) is 2.91. The second-order valence-corrected chi connectivity index (χ2v) is 5.35. The van der Waals surface area contributed by atoms with E-state index in [1.807, 2.05) is 6.92 Å². The molecule has 1 saturated carbocycles. The van der Waals surface area contributed by atoms with Crippen molar-refractivity contribution in [3.8, 4) is 0 Å². The second-order valence-electron chi connectivity index (χ2n) is 5.35. The van der Waals surface area contributed by atoms with Gasteiger partial charge in [0.15, 0.2) is 5.60 Å². The first-order valence-corrected chi connectivity index (χ1v) is 6.94. The molecule has 0 aromatic heterocycles. The molecule has 0 radical (unpaired) electrons. The van der Waals surface area contributed by atoms with Gasteiger partial charge in [-0.05, 0) is 38.0 Å². The van der Waals surface area contributed by atoms with Gasteiger partial charge in [-0.25, -0.2) is 4.79 Å². The van der Waals surface area contributed by atoms with Crippen LogP contribution in [0.2, 0.25) is 0 Å². The molecule has 1 N–H and O–H groups in total. The molecule has 0 bridgehead atoms. The van der Waals surface area contributed by atoms with E-state index >= 15 is 0 Å². The molecule has 0 spiro atoms. The van der Waals surface area contributed by atoms with E-state index < -0.39 is 11.6 Å². The van der Waals surface area contributed by atoms with Gasteiger partial charge >= 0.3 is 5.97 Å². The Hall–Kier alpha value is -0.570. The number of esters is 1. The second kappa shape index (κ2) is 6.39. The number of rotatable bonds is 5. The number of carbonyl (C=O) groups excluding carboxylic acids is 1. The molecule has 0 amide bonds. The van der Waals surface area contributed by atoms with Crippen LogP contribution in [-0.2, 0) is 9.53 Å². The minimum Gasteiger partial charge on any atom is -0.464 e. The minimum absolute atomic E-state index is 0.0812. The first-order chi connectivity index (χ1) is 8.04. The van der Waals surface area contributed by atoms with E-state index in [0.717, 1.165) is 38.0 Å². The van der Waals surface area contributed by atoms with E-state index in [9.17, 15) is 9.90 Å². The molecule has 1 rings (SSSR count). The van der Waals surface area contributed by atoms with Gasteiger partial charge in [-0.1, -0.05) is 33.1 Å². The van der Waals surface area contributed by atoms with E-state index in [1.54, 1.807) is 6.92 Å². The van der Waals surface area contributed by atoms with Crippen LogP contribution in [0.25, 0.3) is 0 Å². The normalized spacial score (nSPS) is 28.5. The van der Waals surface area contributed by atoms with Crippen LogP contribution >= 0.6 is 0 Å². The highest BCUT2D eigenvalue weighted by Gasteiger charge is 2.45. The Morgan fingerprint density at radius 1 is 1.29 bits per heavy atom. The summed E-state index contributed by atoms with van der Waals surface area (Å²) in [5.41, 5.74) is -1.25. The molecule has 1 aliphatic rings. The molecule has 0 saturated heterocycles. The van der Waals surface area contributed by atoms with Crippen LogP contribution in [0.4, 0.5) is 0 Å². The molecule has 3 heteroatoms. The Morgan fingerprint density at radius 2 is 1.88 bits per heavy atom. The van der Waals surface area contributed by atoms with Crippen LogP contribution in [-0.4, -0.2) is 23.3 Å². The van der Waals surface area contributed by atoms with Crippen LogP contribution in [0.3, 0.4) is 0 Å². The average Bonchev–Trinajstić information content (AvgIpc) is 2.30. The lowest BCUT2D eigenvalue weighted by Gasteiger charge is -2.37. The zero-order chi connectivity index (χ0) is 12.9. The number of hydrogen-bond acceptors (Lipinski definition) is 3. The number of carbonyl (C=O) groups is 1. The van der Waals surface area contributed by atoms with Gasteiger partial charge in [-0.2, -0.15) is 0 Å². The monoisotopic (exact) mass is 242 g/mol. The van der Waals surface area contributed by atoms with E-state index in [1.165, 1.54) is 0 Å². The maximum Gasteiger partial charge on any atom is 0.338 e. The van der Waals surface area contributed by atoms with Crippen molar-refractivity contribution in [1.29, 1.82) is 0 Å². The first-order valence-electron chi connectivity index (χ1n) is 6.94. The van der Waals surface area contributed by atoms with Gasteiger partial charge in [0.25, 0.3) is 0 Å². The Balaban J connectivity index is 2.72. The zero-order valence-electron chi connectivity index (χ0n) is 11.4. The summed E-state index contributed by atoms with van der Waals surface area (Å²) in [6.07, 6.45) is 5.42. The largest absolute Gasteiger partial charge is 0.464 e. The number of aliphatic hydroxyl groups is 1. The SMILES string of the molecule is CCCC(O)(C(=O)OCC)C1CCC(C)CC1. The van der Waals surface area contributed by atoms with Crippen LogP contribution in [0.15, 0.2) is 0 Å². The number of ether oxygens (including phenoxy) is 1. The van der Waals surface area contributed by atoms with Gasteiger partial charge in [-0.3, -0.25) is 0 Å². The molecule has 0 aliphatic heterocycles. The van der Waals surface area contributed by atoms with Crippen molar-refractivity contribution in [1.82, 2.24) is 0 Å². The van der Waals surface area contributed by atoms with E-state index in [4.69, 9.17) is 4.74 Å². The van der Waals surface area contributed by atoms with Crippen molar-refractivity contribution in [3.63, 3.8) is 0 Å². The third-order valence-corrected chi connectivity index (χ3v) is 3.95. The van der Waals surface area contributed by atoms with Crippen molar-refractivity contribution < 1.29 is 14.6 Å². The maximum absolute atomic E-state index is 12.0. The summed E-state index contributed by atoms with van der Waals surface area (Å²) in [5.74, 6) is 0.387. The van der Waals surface area contributed by atoms with Crippen LogP contribution in [0, 0.1) is 11.8 Å². The fraction of sp³-hybridized carbons (Fsp3) is 0.929. The molecular weight excluding hydrogens is 216 g/mol. The van der Waals surface area contributed by atoms with Crippen molar-refractivity contribution >= 4 is 5.97 Å². The van der Waals surface area contributed by atoms with Crippen LogP contribution in [0.1, 0.15) is 59.3 Å². The summed E-state index contributed by atoms with van der Waals surface area (Å²) >= 11 is 0. The third-order valence-electron chi connectivity index (χ3n) is 3.95. The molecule has 0 aromatic carbocycles. The summed E-state index contributed by atoms with van der Waals surface area (Å²) in [7, 11) is 0. The van der Waals surface area contributed by atoms with Gasteiger partial charge in [0, 0.05) is 0 Å². The minimum atomic E-state index is -1.25. The topological polar surface area (TPSA) is 46.5 Å². The van der Waals surface area contributed by atoms with E-state index in [2.05, 4.69) is 6.92 Å². The van der Waals surface area contributed by atoms with Crippen LogP contribution < -0.4 is 0 Å². The third kappa shape index (κ3) is 3.44. The summed E-state index contributed by atoms with van der Waals surface area (Å²) < 4.78 is 5.05. The molecule has 17 heavy (non-hydrogen) atoms. The summed E-state index contributed by atoms with van der Waals surface area (Å²) in [6.45, 7) is 6.36. The molecule has 1 aliphatic carbocycles. The van der Waals surface area contributed by atoms with Gasteiger partial charge in [0.1, 0.15) is 0 Å². The van der Waals surface area contributed by atoms with E-state index in [0.29, 0.717) is 13.0 Å². The molecule has 1 fully saturated rings. The van der Waals surface area contributed by atoms with Crippen molar-refractivity contribution in [2.75, 3.05) is 6.61 Å². The molecule has 0 aromatic rings. The van der Waals surface area contributed by atoms with Gasteiger partial charge in [0.05, 0.1) is 6.61 Å². The molecule has 100 valence electrons. The van der Waals surface area contributed by atoms with Crippen molar-refractivity contribution in [3.05, 3.63) is 0 Å². The molecular formula is C14H26O3. The predicted molar refractivity (Wildman–Crippen MR) is 67.6 cm³/mol. The van der Waals surface area contributed by atoms with Gasteiger partial charge in [-0.15, -0.1) is 0 Å². The maximum atomic E-state index is 12.0. The Morgan fingerprint density at radius 3 is 2.35 bits per heavy atom. The highest BCUT2D eigenvalue weighted by atomic mass is 16.5. The molecule has 1 unspecified atom stereocenters. The van der Waals surface area contributed by atoms with Crippen molar-refractivity contribution in [2.45, 2.75) is 64.9 Å². The summed E-state index contributed by atoms with van der Waals surface area (Å²) in [6, 6.07) is 0. The van der Waals surface area contributed by atoms with Gasteiger partial charge < -0.3 is 9.84 Å². The fourth-order valence-electron chi connectivity index (χ4n) is 2.85. The molecule has 3 nitrogen and oxygen atoms in total. The molecule has 0 heterocycles. The lowest BCUT2D eigenvalue weighted by molar-refractivity contribution is -0.174. The summed E-state index contributed by atoms with van der Waals surface area (Å²) in [4.78, 5) is 12.0. The Labute approximate surface area is 105 Å². The lowest BCUT2D eigenvalue weighted by atomic mass is 9.72. The quantitative estimate of drug-likeness (QED) is 0.754. The molecule has 1 atom stereocenters. The zero-order valence-corrected chi connectivity index (χ0v) is 11.4. The summed E-state index contributed by atoms with van der Waals surface area (Å²) in [5, 5.41) is 10.6. The average molecular weight is 242 g/mol.